The van der Waals surface area contributed by atoms with Gasteiger partial charge in [-0.25, -0.2) is 4.79 Å². The van der Waals surface area contributed by atoms with Crippen LogP contribution >= 0.6 is 11.8 Å². The maximum absolute atomic E-state index is 12.3. The molecule has 1 aromatic carbocycles. The van der Waals surface area contributed by atoms with Crippen molar-refractivity contribution in [3.8, 4) is 5.75 Å². The molecule has 1 fully saturated rings. The van der Waals surface area contributed by atoms with E-state index >= 15 is 0 Å². The Labute approximate surface area is 126 Å². The fourth-order valence-corrected chi connectivity index (χ4v) is 2.83. The molecule has 1 aliphatic heterocycles. The van der Waals surface area contributed by atoms with E-state index in [0.29, 0.717) is 29.4 Å². The normalized spacial score (nSPS) is 17.9. The molecule has 0 radical (unpaired) electrons. The van der Waals surface area contributed by atoms with Crippen LogP contribution in [0.1, 0.15) is 12.8 Å². The van der Waals surface area contributed by atoms with Crippen molar-refractivity contribution in [3.63, 3.8) is 0 Å². The smallest absolute Gasteiger partial charge is 0.409 e. The summed E-state index contributed by atoms with van der Waals surface area (Å²) >= 11 is 1.34. The number of carbonyl (C=O) groups excluding carboxylic acids is 1. The number of para-hydroxylation sites is 1. The highest BCUT2D eigenvalue weighted by Crippen LogP contribution is 2.32. The van der Waals surface area contributed by atoms with Crippen LogP contribution in [0.25, 0.3) is 0 Å². The standard InChI is InChI=1S/C14H16FN3O2S/c15-8-9-21-13-16-18(10-17(13)11-6-7-11)14(19)20-12-4-2-1-3-5-12/h1-5,11H,6-10H2. The molecule has 112 valence electrons. The van der Waals surface area contributed by atoms with Crippen LogP contribution < -0.4 is 4.74 Å². The Morgan fingerprint density at radius 3 is 2.81 bits per heavy atom. The van der Waals surface area contributed by atoms with E-state index in [1.54, 1.807) is 24.3 Å². The average molecular weight is 309 g/mol. The lowest BCUT2D eigenvalue weighted by Gasteiger charge is -2.19. The van der Waals surface area contributed by atoms with Crippen molar-refractivity contribution in [1.82, 2.24) is 9.91 Å². The molecule has 0 atom stereocenters. The quantitative estimate of drug-likeness (QED) is 0.858. The Balaban J connectivity index is 1.64. The van der Waals surface area contributed by atoms with E-state index in [2.05, 4.69) is 5.10 Å². The predicted octanol–water partition coefficient (Wildman–Crippen LogP) is 2.90. The second-order valence-corrected chi connectivity index (χ2v) is 5.91. The molecule has 1 saturated carbocycles. The number of rotatable bonds is 4. The Morgan fingerprint density at radius 2 is 2.14 bits per heavy atom. The molecule has 7 heteroatoms. The summed E-state index contributed by atoms with van der Waals surface area (Å²) in [5.41, 5.74) is 0. The van der Waals surface area contributed by atoms with Gasteiger partial charge in [0.2, 0.25) is 0 Å². The summed E-state index contributed by atoms with van der Waals surface area (Å²) in [5.74, 6) is 0.837. The predicted molar refractivity (Wildman–Crippen MR) is 79.9 cm³/mol. The first kappa shape index (κ1) is 14.2. The molecule has 0 spiro atoms. The van der Waals surface area contributed by atoms with Crippen molar-refractivity contribution in [2.24, 2.45) is 5.10 Å². The van der Waals surface area contributed by atoms with Gasteiger partial charge in [-0.3, -0.25) is 4.39 Å². The molecule has 0 N–H and O–H groups in total. The topological polar surface area (TPSA) is 45.1 Å². The zero-order chi connectivity index (χ0) is 14.7. The minimum absolute atomic E-state index is 0.351. The second kappa shape index (κ2) is 6.34. The molecule has 3 rings (SSSR count). The summed E-state index contributed by atoms with van der Waals surface area (Å²) in [6, 6.07) is 9.31. The Hall–Kier alpha value is -1.76. The van der Waals surface area contributed by atoms with E-state index in [1.165, 1.54) is 16.8 Å². The van der Waals surface area contributed by atoms with Gasteiger partial charge in [0.1, 0.15) is 12.4 Å². The number of hydrogen-bond acceptors (Lipinski definition) is 5. The van der Waals surface area contributed by atoms with Crippen molar-refractivity contribution in [1.29, 1.82) is 0 Å². The molecular formula is C14H16FN3O2S. The first-order valence-electron chi connectivity index (χ1n) is 6.86. The van der Waals surface area contributed by atoms with Gasteiger partial charge < -0.3 is 9.64 Å². The van der Waals surface area contributed by atoms with Crippen molar-refractivity contribution in [2.75, 3.05) is 19.1 Å². The molecule has 5 nitrogen and oxygen atoms in total. The summed E-state index contributed by atoms with van der Waals surface area (Å²) in [5, 5.41) is 6.27. The van der Waals surface area contributed by atoms with E-state index in [9.17, 15) is 9.18 Å². The lowest BCUT2D eigenvalue weighted by atomic mass is 10.3. The maximum atomic E-state index is 12.3. The number of amidine groups is 1. The fourth-order valence-electron chi connectivity index (χ4n) is 2.04. The van der Waals surface area contributed by atoms with Crippen LogP contribution in [-0.2, 0) is 0 Å². The SMILES string of the molecule is O=C(Oc1ccccc1)N1CN(C2CC2)C(SCCF)=N1. The summed E-state index contributed by atoms with van der Waals surface area (Å²) < 4.78 is 17.6. The van der Waals surface area contributed by atoms with Gasteiger partial charge in [-0.1, -0.05) is 30.0 Å². The number of ether oxygens (including phenoxy) is 1. The van der Waals surface area contributed by atoms with Crippen molar-refractivity contribution >= 4 is 23.0 Å². The number of carbonyl (C=O) groups is 1. The third-order valence-corrected chi connectivity index (χ3v) is 4.13. The lowest BCUT2D eigenvalue weighted by Crippen LogP contribution is -2.35. The first-order chi connectivity index (χ1) is 10.3. The van der Waals surface area contributed by atoms with Crippen molar-refractivity contribution in [2.45, 2.75) is 18.9 Å². The number of halogens is 1. The summed E-state index contributed by atoms with van der Waals surface area (Å²) in [7, 11) is 0. The number of thioether (sulfide) groups is 1. The van der Waals surface area contributed by atoms with Gasteiger partial charge in [0.15, 0.2) is 5.17 Å². The summed E-state index contributed by atoms with van der Waals surface area (Å²) in [6.45, 7) is -0.0262. The zero-order valence-corrected chi connectivity index (χ0v) is 12.3. The minimum Gasteiger partial charge on any atom is -0.409 e. The fraction of sp³-hybridized carbons (Fsp3) is 0.429. The molecule has 0 aromatic heterocycles. The van der Waals surface area contributed by atoms with E-state index in [-0.39, 0.29) is 0 Å². The molecule has 1 heterocycles. The Kier molecular flexibility index (Phi) is 4.28. The Morgan fingerprint density at radius 1 is 1.38 bits per heavy atom. The largest absolute Gasteiger partial charge is 0.437 e. The van der Waals surface area contributed by atoms with Crippen LogP contribution in [0, 0.1) is 0 Å². The second-order valence-electron chi connectivity index (χ2n) is 4.84. The monoisotopic (exact) mass is 309 g/mol. The van der Waals surface area contributed by atoms with Crippen LogP contribution in [0.5, 0.6) is 5.75 Å². The van der Waals surface area contributed by atoms with E-state index in [4.69, 9.17) is 4.74 Å². The Bertz CT molecular complexity index is 536. The lowest BCUT2D eigenvalue weighted by molar-refractivity contribution is 0.145. The van der Waals surface area contributed by atoms with E-state index in [0.717, 1.165) is 12.8 Å². The van der Waals surface area contributed by atoms with Crippen LogP contribution in [0.15, 0.2) is 35.4 Å². The number of amides is 1. The average Bonchev–Trinajstić information content (AvgIpc) is 3.26. The van der Waals surface area contributed by atoms with Gasteiger partial charge >= 0.3 is 6.09 Å². The molecule has 1 aromatic rings. The van der Waals surface area contributed by atoms with Gasteiger partial charge in [-0.05, 0) is 25.0 Å². The maximum Gasteiger partial charge on any atom is 0.437 e. The van der Waals surface area contributed by atoms with Gasteiger partial charge in [0.05, 0.1) is 6.67 Å². The number of benzene rings is 1. The van der Waals surface area contributed by atoms with Gasteiger partial charge in [-0.15, -0.1) is 5.10 Å². The number of alkyl halides is 1. The van der Waals surface area contributed by atoms with Gasteiger partial charge in [0, 0.05) is 11.8 Å². The number of nitrogens with zero attached hydrogens (tertiary/aromatic N) is 3. The van der Waals surface area contributed by atoms with Crippen molar-refractivity contribution in [3.05, 3.63) is 30.3 Å². The first-order valence-corrected chi connectivity index (χ1v) is 7.85. The van der Waals surface area contributed by atoms with Crippen LogP contribution in [0.3, 0.4) is 0 Å². The minimum atomic E-state index is -0.511. The molecule has 0 bridgehead atoms. The number of hydrogen-bond donors (Lipinski definition) is 0. The summed E-state index contributed by atoms with van der Waals surface area (Å²) in [4.78, 5) is 14.2. The zero-order valence-electron chi connectivity index (χ0n) is 11.4. The van der Waals surface area contributed by atoms with Gasteiger partial charge in [-0.2, -0.15) is 5.01 Å². The highest BCUT2D eigenvalue weighted by atomic mass is 32.2. The molecule has 1 aliphatic carbocycles. The van der Waals surface area contributed by atoms with Gasteiger partial charge in [0.25, 0.3) is 0 Å². The third-order valence-electron chi connectivity index (χ3n) is 3.19. The van der Waals surface area contributed by atoms with E-state index < -0.39 is 12.8 Å². The van der Waals surface area contributed by atoms with Crippen molar-refractivity contribution < 1.29 is 13.9 Å². The number of hydrazone groups is 1. The van der Waals surface area contributed by atoms with Crippen LogP contribution in [-0.4, -0.2) is 46.3 Å². The third kappa shape index (κ3) is 3.47. The highest BCUT2D eigenvalue weighted by molar-refractivity contribution is 8.13. The molecule has 0 saturated heterocycles. The van der Waals surface area contributed by atoms with Crippen LogP contribution in [0.2, 0.25) is 0 Å². The van der Waals surface area contributed by atoms with E-state index in [1.807, 2.05) is 11.0 Å². The molecular weight excluding hydrogens is 293 g/mol. The summed E-state index contributed by atoms with van der Waals surface area (Å²) in [6.07, 6.45) is 1.68. The molecule has 1 amide bonds. The highest BCUT2D eigenvalue weighted by Gasteiger charge is 2.38. The van der Waals surface area contributed by atoms with Crippen LogP contribution in [0.4, 0.5) is 9.18 Å². The molecule has 21 heavy (non-hydrogen) atoms. The molecule has 0 unspecified atom stereocenters. The molecule has 2 aliphatic rings.